The summed E-state index contributed by atoms with van der Waals surface area (Å²) in [7, 11) is 0. The summed E-state index contributed by atoms with van der Waals surface area (Å²) in [6.45, 7) is 2.97. The minimum Gasteiger partial charge on any atom is -0.456 e. The molecule has 6 heteroatoms. The van der Waals surface area contributed by atoms with E-state index in [0.717, 1.165) is 12.2 Å². The van der Waals surface area contributed by atoms with Crippen LogP contribution in [0.4, 0.5) is 0 Å². The topological polar surface area (TPSA) is 93.1 Å². The molecule has 1 aliphatic rings. The Hall–Kier alpha value is -1.66. The Kier molecular flexibility index (Phi) is 5.06. The first-order chi connectivity index (χ1) is 8.40. The Balaban J connectivity index is 2.87. The molecule has 0 aromatic heterocycles. The van der Waals surface area contributed by atoms with Crippen LogP contribution in [0.5, 0.6) is 0 Å². The largest absolute Gasteiger partial charge is 0.456 e. The molecule has 1 heterocycles. The highest BCUT2D eigenvalue weighted by atomic mass is 16.6. The summed E-state index contributed by atoms with van der Waals surface area (Å²) in [5.74, 6) is -1.37. The third-order valence-electron chi connectivity index (χ3n) is 2.42. The molecule has 0 aromatic carbocycles. The van der Waals surface area contributed by atoms with Crippen molar-refractivity contribution in [2.24, 2.45) is 0 Å². The summed E-state index contributed by atoms with van der Waals surface area (Å²) in [6, 6.07) is 0. The maximum atomic E-state index is 11.3. The lowest BCUT2D eigenvalue weighted by Crippen LogP contribution is -2.29. The summed E-state index contributed by atoms with van der Waals surface area (Å²) in [6.07, 6.45) is 0.590. The van der Waals surface area contributed by atoms with Crippen LogP contribution < -0.4 is 0 Å². The van der Waals surface area contributed by atoms with Crippen molar-refractivity contribution in [3.63, 3.8) is 0 Å². The molecule has 0 aliphatic carbocycles. The lowest BCUT2D eigenvalue weighted by atomic mass is 10.2. The van der Waals surface area contributed by atoms with Gasteiger partial charge < -0.3 is 19.7 Å². The van der Waals surface area contributed by atoms with Gasteiger partial charge in [-0.3, -0.25) is 0 Å². The minimum absolute atomic E-state index is 0.687. The van der Waals surface area contributed by atoms with Gasteiger partial charge in [0.05, 0.1) is 0 Å². The third-order valence-corrected chi connectivity index (χ3v) is 2.42. The van der Waals surface area contributed by atoms with Crippen LogP contribution in [0.3, 0.4) is 0 Å². The number of aliphatic hydroxyl groups excluding tert-OH is 2. The number of aliphatic hydroxyl groups is 2. The summed E-state index contributed by atoms with van der Waals surface area (Å²) in [4.78, 5) is 22.6. The van der Waals surface area contributed by atoms with E-state index in [9.17, 15) is 19.8 Å². The Bertz CT molecular complexity index is 337. The van der Waals surface area contributed by atoms with Gasteiger partial charge in [0.15, 0.2) is 0 Å². The zero-order valence-corrected chi connectivity index (χ0v) is 10.1. The van der Waals surface area contributed by atoms with Gasteiger partial charge in [0.25, 0.3) is 0 Å². The van der Waals surface area contributed by atoms with E-state index < -0.39 is 36.4 Å². The molecule has 4 atom stereocenters. The van der Waals surface area contributed by atoms with E-state index in [-0.39, 0.29) is 0 Å². The molecule has 0 radical (unpaired) electrons. The lowest BCUT2D eigenvalue weighted by Gasteiger charge is -2.18. The van der Waals surface area contributed by atoms with Crippen molar-refractivity contribution in [3.05, 3.63) is 24.3 Å². The summed E-state index contributed by atoms with van der Waals surface area (Å²) in [5.41, 5.74) is 0. The fraction of sp³-hybridized carbons (Fsp3) is 0.500. The van der Waals surface area contributed by atoms with Crippen LogP contribution in [-0.4, -0.2) is 46.6 Å². The molecule has 18 heavy (non-hydrogen) atoms. The highest BCUT2D eigenvalue weighted by molar-refractivity contribution is 5.83. The Morgan fingerprint density at radius 1 is 0.889 bits per heavy atom. The Labute approximate surface area is 105 Å². The smallest absolute Gasteiger partial charge is 0.330 e. The normalized spacial score (nSPS) is 34.2. The van der Waals surface area contributed by atoms with Gasteiger partial charge in [-0.2, -0.15) is 0 Å². The molecule has 0 saturated heterocycles. The number of cyclic esters (lactones) is 2. The zero-order chi connectivity index (χ0) is 13.7. The first-order valence-corrected chi connectivity index (χ1v) is 5.54. The first kappa shape index (κ1) is 14.4. The van der Waals surface area contributed by atoms with E-state index in [1.807, 2.05) is 0 Å². The van der Waals surface area contributed by atoms with E-state index in [4.69, 9.17) is 9.47 Å². The number of esters is 2. The molecular weight excluding hydrogens is 240 g/mol. The van der Waals surface area contributed by atoms with E-state index in [1.165, 1.54) is 26.0 Å². The van der Waals surface area contributed by atoms with Crippen molar-refractivity contribution in [1.82, 2.24) is 0 Å². The number of carbonyl (C=O) groups excluding carboxylic acids is 2. The monoisotopic (exact) mass is 256 g/mol. The van der Waals surface area contributed by atoms with Crippen molar-refractivity contribution < 1.29 is 29.3 Å². The standard InChI is InChI=1S/C12H16O6/c1-7-9(13)3-5-12(16)18-8(2)10(14)4-6-11(15)17-7/h3-10,13-14H,1-2H3. The van der Waals surface area contributed by atoms with Crippen LogP contribution in [-0.2, 0) is 19.1 Å². The van der Waals surface area contributed by atoms with Gasteiger partial charge in [0, 0.05) is 12.2 Å². The number of hydrogen-bond acceptors (Lipinski definition) is 6. The maximum absolute atomic E-state index is 11.3. The van der Waals surface area contributed by atoms with Gasteiger partial charge in [0.2, 0.25) is 0 Å². The predicted octanol–water partition coefficient (Wildman–Crippen LogP) is -0.302. The number of hydrogen-bond donors (Lipinski definition) is 2. The van der Waals surface area contributed by atoms with Gasteiger partial charge in [-0.25, -0.2) is 9.59 Å². The van der Waals surface area contributed by atoms with Crippen molar-refractivity contribution in [3.8, 4) is 0 Å². The van der Waals surface area contributed by atoms with Crippen LogP contribution in [0.25, 0.3) is 0 Å². The first-order valence-electron chi connectivity index (χ1n) is 5.54. The van der Waals surface area contributed by atoms with Crippen LogP contribution in [0.2, 0.25) is 0 Å². The number of ether oxygens (including phenoxy) is 2. The molecule has 0 saturated carbocycles. The van der Waals surface area contributed by atoms with Crippen molar-refractivity contribution >= 4 is 11.9 Å². The Morgan fingerprint density at radius 2 is 1.22 bits per heavy atom. The third kappa shape index (κ3) is 4.31. The highest BCUT2D eigenvalue weighted by Gasteiger charge is 2.19. The van der Waals surface area contributed by atoms with Crippen LogP contribution in [0.15, 0.2) is 24.3 Å². The average molecular weight is 256 g/mol. The van der Waals surface area contributed by atoms with Gasteiger partial charge in [-0.05, 0) is 26.0 Å². The van der Waals surface area contributed by atoms with Crippen molar-refractivity contribution in [2.75, 3.05) is 0 Å². The van der Waals surface area contributed by atoms with Gasteiger partial charge in [-0.15, -0.1) is 0 Å². The summed E-state index contributed by atoms with van der Waals surface area (Å²) >= 11 is 0. The summed E-state index contributed by atoms with van der Waals surface area (Å²) < 4.78 is 9.73. The minimum atomic E-state index is -1.10. The second-order valence-electron chi connectivity index (χ2n) is 3.98. The van der Waals surface area contributed by atoms with E-state index in [1.54, 1.807) is 0 Å². The van der Waals surface area contributed by atoms with E-state index in [0.29, 0.717) is 0 Å². The van der Waals surface area contributed by atoms with E-state index in [2.05, 4.69) is 0 Å². The second-order valence-corrected chi connectivity index (χ2v) is 3.98. The fourth-order valence-corrected chi connectivity index (χ4v) is 1.25. The number of rotatable bonds is 0. The SMILES string of the molecule is CC1OC(=O)C=CC(O)C(C)OC(=O)C=CC1O. The van der Waals surface area contributed by atoms with Crippen LogP contribution in [0, 0.1) is 0 Å². The molecule has 1 rings (SSSR count). The van der Waals surface area contributed by atoms with E-state index >= 15 is 0 Å². The van der Waals surface area contributed by atoms with Crippen molar-refractivity contribution in [2.45, 2.75) is 38.3 Å². The van der Waals surface area contributed by atoms with Crippen molar-refractivity contribution in [1.29, 1.82) is 0 Å². The van der Waals surface area contributed by atoms with Crippen LogP contribution >= 0.6 is 0 Å². The number of carbonyl (C=O) groups is 2. The zero-order valence-electron chi connectivity index (χ0n) is 10.1. The Morgan fingerprint density at radius 3 is 1.56 bits per heavy atom. The molecule has 0 spiro atoms. The van der Waals surface area contributed by atoms with Gasteiger partial charge in [-0.1, -0.05) is 0 Å². The molecule has 0 aromatic rings. The molecule has 0 fully saturated rings. The molecule has 6 nitrogen and oxygen atoms in total. The van der Waals surface area contributed by atoms with Gasteiger partial charge in [0.1, 0.15) is 24.4 Å². The molecule has 1 aliphatic heterocycles. The second kappa shape index (κ2) is 6.32. The van der Waals surface area contributed by atoms with Gasteiger partial charge >= 0.3 is 11.9 Å². The molecule has 0 amide bonds. The highest BCUT2D eigenvalue weighted by Crippen LogP contribution is 2.07. The van der Waals surface area contributed by atoms with Crippen LogP contribution in [0.1, 0.15) is 13.8 Å². The molecule has 2 N–H and O–H groups in total. The average Bonchev–Trinajstić information content (AvgIpc) is 2.31. The quantitative estimate of drug-likeness (QED) is 0.578. The lowest BCUT2D eigenvalue weighted by molar-refractivity contribution is -0.147. The molecule has 4 unspecified atom stereocenters. The molecular formula is C12H16O6. The molecule has 0 bridgehead atoms. The fourth-order valence-electron chi connectivity index (χ4n) is 1.25. The summed E-state index contributed by atoms with van der Waals surface area (Å²) in [5, 5.41) is 19.1. The maximum Gasteiger partial charge on any atom is 0.330 e. The molecule has 100 valence electrons. The predicted molar refractivity (Wildman–Crippen MR) is 61.4 cm³/mol.